The quantitative estimate of drug-likeness (QED) is 0.567. The Kier molecular flexibility index (Phi) is 7.72. The highest BCUT2D eigenvalue weighted by Gasteiger charge is 2.36. The molecule has 13 heteroatoms. The number of rotatable bonds is 5. The first-order valence-corrected chi connectivity index (χ1v) is 14.5. The number of amides is 2. The highest BCUT2D eigenvalue weighted by molar-refractivity contribution is 7.89. The van der Waals surface area contributed by atoms with Gasteiger partial charge in [0.1, 0.15) is 16.3 Å². The third-order valence-electron chi connectivity index (χ3n) is 6.70. The Morgan fingerprint density at radius 3 is 2.33 bits per heavy atom. The largest absolute Gasteiger partial charge is 0.450 e. The summed E-state index contributed by atoms with van der Waals surface area (Å²) in [5.74, 6) is 0.160. The number of sulfonamides is 1. The van der Waals surface area contributed by atoms with E-state index in [-0.39, 0.29) is 41.2 Å². The van der Waals surface area contributed by atoms with Gasteiger partial charge in [-0.15, -0.1) is 11.3 Å². The molecular weight excluding hydrogens is 506 g/mol. The van der Waals surface area contributed by atoms with Crippen LogP contribution in [0.3, 0.4) is 0 Å². The lowest BCUT2D eigenvalue weighted by atomic mass is 9.94. The fourth-order valence-corrected chi connectivity index (χ4v) is 8.41. The van der Waals surface area contributed by atoms with Crippen molar-refractivity contribution in [2.45, 2.75) is 45.6 Å². The van der Waals surface area contributed by atoms with Crippen molar-refractivity contribution in [3.63, 3.8) is 0 Å². The zero-order valence-corrected chi connectivity index (χ0v) is 22.7. The number of nitrogens with zero attached hydrogens (tertiary/aromatic N) is 5. The standard InChI is InChI=1S/C23H33N5O6S2/c1-5-34-23(31)26-8-6-25(7-9-26)18(29)13-27-14-24-21-19(22(27)30)20(17(4)35-21)36(32,33)28-11-15(2)10-16(3)12-28/h14-16H,5-13H2,1-4H3/t15-,16-/m0/s1. The van der Waals surface area contributed by atoms with Crippen LogP contribution in [0.15, 0.2) is 16.0 Å². The van der Waals surface area contributed by atoms with Gasteiger partial charge in [0.25, 0.3) is 5.56 Å². The normalized spacial score (nSPS) is 21.7. The van der Waals surface area contributed by atoms with E-state index < -0.39 is 21.7 Å². The van der Waals surface area contributed by atoms with Gasteiger partial charge in [-0.2, -0.15) is 4.31 Å². The van der Waals surface area contributed by atoms with E-state index in [0.717, 1.165) is 6.42 Å². The molecule has 0 saturated carbocycles. The Bertz CT molecular complexity index is 1300. The van der Waals surface area contributed by atoms with Gasteiger partial charge in [-0.05, 0) is 32.1 Å². The molecule has 0 spiro atoms. The fraction of sp³-hybridized carbons (Fsp3) is 0.652. The molecule has 0 bridgehead atoms. The Balaban J connectivity index is 1.58. The molecule has 2 aromatic rings. The van der Waals surface area contributed by atoms with Gasteiger partial charge >= 0.3 is 6.09 Å². The zero-order valence-electron chi connectivity index (χ0n) is 21.1. The van der Waals surface area contributed by atoms with Gasteiger partial charge < -0.3 is 14.5 Å². The van der Waals surface area contributed by atoms with Crippen molar-refractivity contribution in [3.05, 3.63) is 21.6 Å². The second kappa shape index (κ2) is 10.5. The van der Waals surface area contributed by atoms with Crippen molar-refractivity contribution < 1.29 is 22.7 Å². The maximum absolute atomic E-state index is 13.7. The third-order valence-corrected chi connectivity index (χ3v) is 9.84. The minimum atomic E-state index is -3.90. The van der Waals surface area contributed by atoms with Crippen molar-refractivity contribution in [2.75, 3.05) is 45.9 Å². The lowest BCUT2D eigenvalue weighted by Crippen LogP contribution is -2.51. The van der Waals surface area contributed by atoms with Crippen LogP contribution >= 0.6 is 11.3 Å². The van der Waals surface area contributed by atoms with Crippen molar-refractivity contribution in [3.8, 4) is 0 Å². The number of carbonyl (C=O) groups is 2. The maximum atomic E-state index is 13.7. The Morgan fingerprint density at radius 1 is 1.11 bits per heavy atom. The van der Waals surface area contributed by atoms with Crippen LogP contribution in [0.5, 0.6) is 0 Å². The predicted molar refractivity (Wildman–Crippen MR) is 135 cm³/mol. The highest BCUT2D eigenvalue weighted by atomic mass is 32.2. The lowest BCUT2D eigenvalue weighted by Gasteiger charge is -2.34. The molecule has 2 atom stereocenters. The molecule has 2 aliphatic heterocycles. The number of carbonyl (C=O) groups excluding carboxylic acids is 2. The second-order valence-electron chi connectivity index (χ2n) is 9.68. The summed E-state index contributed by atoms with van der Waals surface area (Å²) in [7, 11) is -3.90. The number of hydrogen-bond donors (Lipinski definition) is 0. The fourth-order valence-electron chi connectivity index (χ4n) is 5.07. The van der Waals surface area contributed by atoms with Gasteiger partial charge in [0.2, 0.25) is 15.9 Å². The molecule has 2 saturated heterocycles. The number of aromatic nitrogens is 2. The molecule has 2 fully saturated rings. The van der Waals surface area contributed by atoms with Crippen LogP contribution in [0.2, 0.25) is 0 Å². The minimum Gasteiger partial charge on any atom is -0.450 e. The molecular formula is C23H33N5O6S2. The Morgan fingerprint density at radius 2 is 1.72 bits per heavy atom. The number of fused-ring (bicyclic) bond motifs is 1. The van der Waals surface area contributed by atoms with Crippen LogP contribution in [0, 0.1) is 18.8 Å². The molecule has 0 N–H and O–H groups in total. The van der Waals surface area contributed by atoms with E-state index in [1.807, 2.05) is 13.8 Å². The first-order valence-electron chi connectivity index (χ1n) is 12.2. The predicted octanol–water partition coefficient (Wildman–Crippen LogP) is 1.73. The van der Waals surface area contributed by atoms with Gasteiger partial charge in [-0.25, -0.2) is 18.2 Å². The zero-order chi connectivity index (χ0) is 26.2. The Hall–Kier alpha value is -2.51. The van der Waals surface area contributed by atoms with Gasteiger partial charge in [0.15, 0.2) is 0 Å². The molecule has 0 unspecified atom stereocenters. The van der Waals surface area contributed by atoms with Gasteiger partial charge in [-0.3, -0.25) is 14.2 Å². The van der Waals surface area contributed by atoms with Gasteiger partial charge in [0.05, 0.1) is 18.3 Å². The van der Waals surface area contributed by atoms with E-state index >= 15 is 0 Å². The van der Waals surface area contributed by atoms with E-state index in [0.29, 0.717) is 49.0 Å². The SMILES string of the molecule is CCOC(=O)N1CCN(C(=O)Cn2cnc3sc(C)c(S(=O)(=O)N4C[C@@H](C)C[C@H](C)C4)c3c2=O)CC1. The number of thiophene rings is 1. The molecule has 4 rings (SSSR count). The molecule has 2 aromatic heterocycles. The molecule has 0 radical (unpaired) electrons. The van der Waals surface area contributed by atoms with E-state index in [1.165, 1.54) is 26.5 Å². The van der Waals surface area contributed by atoms with Crippen molar-refractivity contribution >= 4 is 43.6 Å². The summed E-state index contributed by atoms with van der Waals surface area (Å²) in [5, 5.41) is 0.0470. The summed E-state index contributed by atoms with van der Waals surface area (Å²) in [5.41, 5.74) is -0.542. The molecule has 36 heavy (non-hydrogen) atoms. The number of piperidine rings is 1. The molecule has 2 amide bonds. The maximum Gasteiger partial charge on any atom is 0.409 e. The summed E-state index contributed by atoms with van der Waals surface area (Å²) >= 11 is 1.17. The number of ether oxygens (including phenoxy) is 1. The molecule has 4 heterocycles. The van der Waals surface area contributed by atoms with E-state index in [2.05, 4.69) is 4.98 Å². The van der Waals surface area contributed by atoms with E-state index in [1.54, 1.807) is 23.6 Å². The van der Waals surface area contributed by atoms with Crippen LogP contribution in [-0.2, 0) is 26.1 Å². The van der Waals surface area contributed by atoms with Crippen LogP contribution < -0.4 is 5.56 Å². The summed E-state index contributed by atoms with van der Waals surface area (Å²) in [6.07, 6.45) is 1.85. The van der Waals surface area contributed by atoms with Gasteiger partial charge in [-0.1, -0.05) is 13.8 Å². The average molecular weight is 540 g/mol. The molecule has 0 aliphatic carbocycles. The van der Waals surface area contributed by atoms with Crippen molar-refractivity contribution in [1.82, 2.24) is 23.7 Å². The topological polar surface area (TPSA) is 122 Å². The van der Waals surface area contributed by atoms with E-state index in [9.17, 15) is 22.8 Å². The second-order valence-corrected chi connectivity index (χ2v) is 12.8. The molecule has 198 valence electrons. The Labute approximate surface area is 214 Å². The monoisotopic (exact) mass is 539 g/mol. The number of aryl methyl sites for hydroxylation is 1. The number of hydrogen-bond acceptors (Lipinski definition) is 8. The van der Waals surface area contributed by atoms with Crippen molar-refractivity contribution in [1.29, 1.82) is 0 Å². The van der Waals surface area contributed by atoms with E-state index in [4.69, 9.17) is 4.74 Å². The summed E-state index contributed by atoms with van der Waals surface area (Å²) < 4.78 is 35.0. The third kappa shape index (κ3) is 5.14. The number of piperazine rings is 1. The molecule has 0 aromatic carbocycles. The average Bonchev–Trinajstić information content (AvgIpc) is 3.18. The summed E-state index contributed by atoms with van der Waals surface area (Å²) in [6, 6.07) is 0. The highest BCUT2D eigenvalue weighted by Crippen LogP contribution is 2.35. The first-order chi connectivity index (χ1) is 17.0. The molecule has 2 aliphatic rings. The van der Waals surface area contributed by atoms with Gasteiger partial charge in [0, 0.05) is 44.1 Å². The van der Waals surface area contributed by atoms with Crippen LogP contribution in [0.4, 0.5) is 4.79 Å². The summed E-state index contributed by atoms with van der Waals surface area (Å²) in [4.78, 5) is 46.6. The van der Waals surface area contributed by atoms with Crippen molar-refractivity contribution in [2.24, 2.45) is 11.8 Å². The van der Waals surface area contributed by atoms with Crippen LogP contribution in [0.1, 0.15) is 32.1 Å². The molecule has 11 nitrogen and oxygen atoms in total. The smallest absolute Gasteiger partial charge is 0.409 e. The van der Waals surface area contributed by atoms with Crippen LogP contribution in [-0.4, -0.2) is 89.9 Å². The lowest BCUT2D eigenvalue weighted by molar-refractivity contribution is -0.133. The summed E-state index contributed by atoms with van der Waals surface area (Å²) in [6.45, 7) is 9.67. The first kappa shape index (κ1) is 26.6. The van der Waals surface area contributed by atoms with Crippen LogP contribution in [0.25, 0.3) is 10.2 Å². The minimum absolute atomic E-state index is 0.00569.